The molecule has 0 radical (unpaired) electrons. The first-order valence-corrected chi connectivity index (χ1v) is 27.1. The topological polar surface area (TPSA) is 155 Å². The van der Waals surface area contributed by atoms with E-state index in [1.807, 2.05) is 0 Å². The summed E-state index contributed by atoms with van der Waals surface area (Å²) in [7, 11) is -4.61. The highest BCUT2D eigenvalue weighted by Crippen LogP contribution is 2.43. The Kier molecular flexibility index (Phi) is 45.2. The number of hydrogen-bond acceptors (Lipinski definition) is 8. The fraction of sp³-hybridized carbons (Fsp3) is 0.959. The number of nitrogens with two attached hydrogens (primary N) is 1. The van der Waals surface area contributed by atoms with Crippen LogP contribution in [0.25, 0.3) is 0 Å². The molecule has 0 saturated heterocycles. The van der Waals surface area contributed by atoms with Gasteiger partial charge in [0.05, 0.1) is 19.8 Å². The standard InChI is InChI=1S/C49H98NO9P/c1-3-5-7-9-11-13-15-17-19-21-23-24-25-27-29-31-33-35-37-39-41-48(51)59-46(44-57-60(54,55)58-45-47(50)49(52)53)43-56-42-40-38-36-34-32-30-28-26-22-20-18-16-14-12-10-8-6-4-2/h46-47H,3-45,50H2,1-2H3,(H,52,53)(H,54,55)/t46-,47+/m1/s1. The number of esters is 1. The maximum absolute atomic E-state index is 12.7. The van der Waals surface area contributed by atoms with Gasteiger partial charge in [0.25, 0.3) is 0 Å². The fourth-order valence-corrected chi connectivity index (χ4v) is 8.44. The Hall–Kier alpha value is -1.03. The number of rotatable bonds is 50. The molecule has 60 heavy (non-hydrogen) atoms. The summed E-state index contributed by atoms with van der Waals surface area (Å²) in [6.45, 7) is 3.96. The molecule has 10 nitrogen and oxygen atoms in total. The van der Waals surface area contributed by atoms with E-state index in [1.54, 1.807) is 0 Å². The molecule has 0 aliphatic carbocycles. The number of aliphatic carboxylic acids is 1. The van der Waals surface area contributed by atoms with E-state index in [1.165, 1.54) is 205 Å². The van der Waals surface area contributed by atoms with Crippen LogP contribution >= 0.6 is 7.82 Å². The molecule has 0 saturated carbocycles. The van der Waals surface area contributed by atoms with Gasteiger partial charge in [0, 0.05) is 13.0 Å². The van der Waals surface area contributed by atoms with Crippen LogP contribution in [-0.2, 0) is 32.7 Å². The highest BCUT2D eigenvalue weighted by Gasteiger charge is 2.27. The van der Waals surface area contributed by atoms with Gasteiger partial charge in [-0.05, 0) is 12.8 Å². The van der Waals surface area contributed by atoms with E-state index in [4.69, 9.17) is 29.4 Å². The van der Waals surface area contributed by atoms with Gasteiger partial charge in [0.2, 0.25) is 0 Å². The van der Waals surface area contributed by atoms with Crippen molar-refractivity contribution < 1.29 is 42.7 Å². The molecular formula is C49H98NO9P. The van der Waals surface area contributed by atoms with Crippen molar-refractivity contribution in [2.24, 2.45) is 5.73 Å². The van der Waals surface area contributed by atoms with E-state index in [0.29, 0.717) is 6.61 Å². The van der Waals surface area contributed by atoms with Crippen LogP contribution in [0.3, 0.4) is 0 Å². The number of hydrogen-bond donors (Lipinski definition) is 3. The third-order valence-electron chi connectivity index (χ3n) is 11.6. The van der Waals surface area contributed by atoms with Gasteiger partial charge >= 0.3 is 19.8 Å². The lowest BCUT2D eigenvalue weighted by atomic mass is 10.0. The molecule has 0 aromatic heterocycles. The molecule has 0 rings (SSSR count). The Morgan fingerprint density at radius 1 is 0.467 bits per heavy atom. The zero-order valence-corrected chi connectivity index (χ0v) is 40.2. The lowest BCUT2D eigenvalue weighted by molar-refractivity contribution is -0.154. The Morgan fingerprint density at radius 2 is 0.767 bits per heavy atom. The Balaban J connectivity index is 4.08. The molecule has 0 amide bonds. The van der Waals surface area contributed by atoms with Crippen molar-refractivity contribution in [3.63, 3.8) is 0 Å². The molecule has 0 fully saturated rings. The number of carboxylic acid groups (broad SMARTS) is 1. The van der Waals surface area contributed by atoms with E-state index in [0.717, 1.165) is 38.5 Å². The molecule has 3 atom stereocenters. The Labute approximate surface area is 370 Å². The molecule has 0 aromatic carbocycles. The van der Waals surface area contributed by atoms with Gasteiger partial charge in [-0.25, -0.2) is 4.57 Å². The zero-order chi connectivity index (χ0) is 44.0. The minimum atomic E-state index is -4.61. The zero-order valence-electron chi connectivity index (χ0n) is 39.3. The third kappa shape index (κ3) is 45.0. The first-order valence-electron chi connectivity index (χ1n) is 25.6. The van der Waals surface area contributed by atoms with Crippen molar-refractivity contribution >= 4 is 19.8 Å². The quantitative estimate of drug-likeness (QED) is 0.0306. The number of unbranched alkanes of at least 4 members (excludes halogenated alkanes) is 36. The normalized spacial score (nSPS) is 13.7. The lowest BCUT2D eigenvalue weighted by Gasteiger charge is -2.20. The maximum Gasteiger partial charge on any atom is 0.472 e. The largest absolute Gasteiger partial charge is 0.480 e. The molecule has 1 unspecified atom stereocenters. The average molecular weight is 876 g/mol. The van der Waals surface area contributed by atoms with Gasteiger partial charge < -0.3 is 25.2 Å². The van der Waals surface area contributed by atoms with Crippen LogP contribution in [0.1, 0.15) is 264 Å². The summed E-state index contributed by atoms with van der Waals surface area (Å²) >= 11 is 0. The molecule has 0 aromatic rings. The monoisotopic (exact) mass is 876 g/mol. The fourth-order valence-electron chi connectivity index (χ4n) is 7.67. The van der Waals surface area contributed by atoms with Crippen LogP contribution in [-0.4, -0.2) is 60.5 Å². The van der Waals surface area contributed by atoms with E-state index >= 15 is 0 Å². The minimum Gasteiger partial charge on any atom is -0.480 e. The predicted molar refractivity (Wildman–Crippen MR) is 249 cm³/mol. The van der Waals surface area contributed by atoms with E-state index in [-0.39, 0.29) is 13.0 Å². The van der Waals surface area contributed by atoms with Gasteiger partial charge in [-0.2, -0.15) is 0 Å². The Bertz CT molecular complexity index is 971. The molecule has 358 valence electrons. The SMILES string of the molecule is CCCCCCCCCCCCCCCCCCCCCCC(=O)O[C@H](COCCCCCCCCCCCCCCCCCCCC)COP(=O)(O)OC[C@H](N)C(=O)O. The summed E-state index contributed by atoms with van der Waals surface area (Å²) in [5, 5.41) is 8.92. The summed E-state index contributed by atoms with van der Waals surface area (Å²) < 4.78 is 33.5. The predicted octanol–water partition coefficient (Wildman–Crippen LogP) is 14.7. The summed E-state index contributed by atoms with van der Waals surface area (Å²) in [5.41, 5.74) is 5.37. The van der Waals surface area contributed by atoms with Gasteiger partial charge in [-0.15, -0.1) is 0 Å². The number of carbonyl (C=O) groups is 2. The van der Waals surface area contributed by atoms with Crippen molar-refractivity contribution in [2.75, 3.05) is 26.4 Å². The van der Waals surface area contributed by atoms with Crippen LogP contribution < -0.4 is 5.73 Å². The van der Waals surface area contributed by atoms with Crippen molar-refractivity contribution in [2.45, 2.75) is 276 Å². The molecule has 0 heterocycles. The number of carboxylic acids is 1. The van der Waals surface area contributed by atoms with Gasteiger partial charge in [-0.3, -0.25) is 18.6 Å². The average Bonchev–Trinajstić information content (AvgIpc) is 3.23. The molecule has 11 heteroatoms. The molecule has 0 aliphatic heterocycles. The highest BCUT2D eigenvalue weighted by atomic mass is 31.2. The second-order valence-electron chi connectivity index (χ2n) is 17.7. The number of carbonyl (C=O) groups excluding carboxylic acids is 1. The summed E-state index contributed by atoms with van der Waals surface area (Å²) in [5.74, 6) is -1.76. The van der Waals surface area contributed by atoms with Gasteiger partial charge in [0.1, 0.15) is 12.1 Å². The van der Waals surface area contributed by atoms with Crippen LogP contribution in [0, 0.1) is 0 Å². The van der Waals surface area contributed by atoms with Crippen molar-refractivity contribution in [3.8, 4) is 0 Å². The van der Waals surface area contributed by atoms with E-state index in [2.05, 4.69) is 13.8 Å². The second-order valence-corrected chi connectivity index (χ2v) is 19.1. The number of ether oxygens (including phenoxy) is 2. The third-order valence-corrected chi connectivity index (χ3v) is 12.6. The number of phosphoric acid groups is 1. The van der Waals surface area contributed by atoms with E-state index in [9.17, 15) is 19.0 Å². The highest BCUT2D eigenvalue weighted by molar-refractivity contribution is 7.47. The molecular weight excluding hydrogens is 778 g/mol. The van der Waals surface area contributed by atoms with Crippen LogP contribution in [0.5, 0.6) is 0 Å². The first kappa shape index (κ1) is 59.0. The minimum absolute atomic E-state index is 0.0264. The van der Waals surface area contributed by atoms with Crippen LogP contribution in [0.4, 0.5) is 0 Å². The molecule has 0 spiro atoms. The van der Waals surface area contributed by atoms with Gasteiger partial charge in [0.15, 0.2) is 0 Å². The summed E-state index contributed by atoms with van der Waals surface area (Å²) in [6.07, 6.45) is 48.7. The summed E-state index contributed by atoms with van der Waals surface area (Å²) in [6, 6.07) is -1.47. The molecule has 0 bridgehead atoms. The van der Waals surface area contributed by atoms with Crippen LogP contribution in [0.15, 0.2) is 0 Å². The maximum atomic E-state index is 12.7. The van der Waals surface area contributed by atoms with Crippen molar-refractivity contribution in [3.05, 3.63) is 0 Å². The number of phosphoric ester groups is 1. The lowest BCUT2D eigenvalue weighted by Crippen LogP contribution is -2.34. The van der Waals surface area contributed by atoms with E-state index < -0.39 is 45.1 Å². The van der Waals surface area contributed by atoms with Crippen molar-refractivity contribution in [1.29, 1.82) is 0 Å². The smallest absolute Gasteiger partial charge is 0.472 e. The second kappa shape index (κ2) is 46.0. The first-order chi connectivity index (χ1) is 29.2. The van der Waals surface area contributed by atoms with Crippen molar-refractivity contribution in [1.82, 2.24) is 0 Å². The Morgan fingerprint density at radius 3 is 1.10 bits per heavy atom. The molecule has 4 N–H and O–H groups in total. The van der Waals surface area contributed by atoms with Gasteiger partial charge in [-0.1, -0.05) is 245 Å². The summed E-state index contributed by atoms with van der Waals surface area (Å²) in [4.78, 5) is 33.7. The van der Waals surface area contributed by atoms with Crippen LogP contribution in [0.2, 0.25) is 0 Å². The molecule has 0 aliphatic rings.